The van der Waals surface area contributed by atoms with Crippen LogP contribution in [0.2, 0.25) is 0 Å². The second kappa shape index (κ2) is 9.61. The van der Waals surface area contributed by atoms with E-state index in [4.69, 9.17) is 5.26 Å². The number of nitrogens with one attached hydrogen (secondary N) is 1. The molecule has 3 aromatic rings. The van der Waals surface area contributed by atoms with E-state index in [1.165, 1.54) is 42.5 Å². The van der Waals surface area contributed by atoms with Gasteiger partial charge in [0.25, 0.3) is 0 Å². The van der Waals surface area contributed by atoms with Gasteiger partial charge in [0.2, 0.25) is 19.9 Å². The lowest BCUT2D eigenvalue weighted by atomic mass is 10.0. The van der Waals surface area contributed by atoms with E-state index < -0.39 is 19.9 Å². The van der Waals surface area contributed by atoms with E-state index in [0.29, 0.717) is 12.0 Å². The predicted molar refractivity (Wildman–Crippen MR) is 120 cm³/mol. The van der Waals surface area contributed by atoms with Gasteiger partial charge in [-0.25, -0.2) is 21.6 Å². The summed E-state index contributed by atoms with van der Waals surface area (Å²) in [5, 5.41) is 9.07. The fourth-order valence-electron chi connectivity index (χ4n) is 3.20. The third-order valence-electron chi connectivity index (χ3n) is 4.88. The quantitative estimate of drug-likeness (QED) is 0.540. The van der Waals surface area contributed by atoms with Gasteiger partial charge < -0.3 is 0 Å². The fraction of sp³-hybridized carbons (Fsp3) is 0.217. The normalized spacial score (nSPS) is 11.9. The van der Waals surface area contributed by atoms with Crippen molar-refractivity contribution in [2.45, 2.75) is 40.9 Å². The first kappa shape index (κ1) is 23.6. The van der Waals surface area contributed by atoms with Crippen molar-refractivity contribution in [3.8, 4) is 6.07 Å². The molecule has 0 atom stereocenters. The number of hydrogen-bond acceptors (Lipinski definition) is 6. The zero-order chi connectivity index (χ0) is 23.4. The maximum Gasteiger partial charge on any atom is 0.240 e. The summed E-state index contributed by atoms with van der Waals surface area (Å²) in [6.45, 7) is 3.80. The Morgan fingerprint density at radius 3 is 2.38 bits per heavy atom. The molecule has 0 bridgehead atoms. The number of sulfonamides is 1. The van der Waals surface area contributed by atoms with Crippen LogP contribution in [0, 0.1) is 11.3 Å². The molecule has 9 heteroatoms. The van der Waals surface area contributed by atoms with Crippen LogP contribution >= 0.6 is 0 Å². The maximum absolute atomic E-state index is 13.1. The molecular formula is C23H23N3O4S2. The Labute approximate surface area is 188 Å². The first-order valence-corrected chi connectivity index (χ1v) is 12.9. The summed E-state index contributed by atoms with van der Waals surface area (Å²) in [6, 6.07) is 17.1. The van der Waals surface area contributed by atoms with E-state index in [-0.39, 0.29) is 32.7 Å². The molecular weight excluding hydrogens is 446 g/mol. The van der Waals surface area contributed by atoms with Gasteiger partial charge in [0, 0.05) is 24.9 Å². The van der Waals surface area contributed by atoms with E-state index in [2.05, 4.69) is 9.71 Å². The molecule has 1 heterocycles. The van der Waals surface area contributed by atoms with Crippen LogP contribution < -0.4 is 4.72 Å². The summed E-state index contributed by atoms with van der Waals surface area (Å²) in [4.78, 5) is 3.88. The van der Waals surface area contributed by atoms with Gasteiger partial charge >= 0.3 is 0 Å². The van der Waals surface area contributed by atoms with Gasteiger partial charge in [-0.15, -0.1) is 0 Å². The zero-order valence-electron chi connectivity index (χ0n) is 17.7. The Kier molecular flexibility index (Phi) is 7.09. The number of nitriles is 1. The minimum atomic E-state index is -4.01. The van der Waals surface area contributed by atoms with Crippen molar-refractivity contribution < 1.29 is 16.8 Å². The molecule has 1 aromatic heterocycles. The Balaban J connectivity index is 1.97. The highest BCUT2D eigenvalue weighted by Gasteiger charge is 2.25. The van der Waals surface area contributed by atoms with Crippen LogP contribution in [0.4, 0.5) is 0 Å². The molecule has 0 saturated carbocycles. The Bertz CT molecular complexity index is 1360. The van der Waals surface area contributed by atoms with Crippen molar-refractivity contribution >= 4 is 19.9 Å². The standard InChI is InChI=1S/C23H23N3O4S2/c1-17(2)22-10-9-21(31(27,28)20-8-5-6-18(14-20)16-24)15-23(22)32(29,30)26-13-11-19-7-3-4-12-25-19/h3-10,12,14-15,17,26H,11,13H2,1-2H3. The largest absolute Gasteiger partial charge is 0.261 e. The van der Waals surface area contributed by atoms with Crippen LogP contribution in [0.1, 0.15) is 36.6 Å². The minimum absolute atomic E-state index is 0.0692. The van der Waals surface area contributed by atoms with Gasteiger partial charge in [-0.3, -0.25) is 4.98 Å². The van der Waals surface area contributed by atoms with Crippen molar-refractivity contribution in [1.29, 1.82) is 5.26 Å². The number of benzene rings is 2. The third-order valence-corrected chi connectivity index (χ3v) is 8.15. The van der Waals surface area contributed by atoms with Gasteiger partial charge in [-0.2, -0.15) is 5.26 Å². The Morgan fingerprint density at radius 2 is 1.72 bits per heavy atom. The molecule has 0 aliphatic rings. The highest BCUT2D eigenvalue weighted by atomic mass is 32.2. The summed E-state index contributed by atoms with van der Waals surface area (Å²) in [6.07, 6.45) is 2.03. The van der Waals surface area contributed by atoms with Crippen molar-refractivity contribution in [3.05, 3.63) is 83.7 Å². The Hall–Kier alpha value is -3.06. The average Bonchev–Trinajstić information content (AvgIpc) is 2.79. The highest BCUT2D eigenvalue weighted by molar-refractivity contribution is 7.91. The second-order valence-electron chi connectivity index (χ2n) is 7.47. The maximum atomic E-state index is 13.1. The highest BCUT2D eigenvalue weighted by Crippen LogP contribution is 2.29. The summed E-state index contributed by atoms with van der Waals surface area (Å²) in [5.74, 6) is -0.143. The number of aromatic nitrogens is 1. The molecule has 0 amide bonds. The third kappa shape index (κ3) is 5.22. The molecule has 0 aliphatic carbocycles. The first-order valence-electron chi connectivity index (χ1n) is 9.94. The molecule has 0 saturated heterocycles. The monoisotopic (exact) mass is 469 g/mol. The number of pyridine rings is 1. The van der Waals surface area contributed by atoms with Crippen LogP contribution in [0.25, 0.3) is 0 Å². The number of sulfone groups is 1. The molecule has 166 valence electrons. The van der Waals surface area contributed by atoms with Crippen LogP contribution in [0.15, 0.2) is 81.5 Å². The Morgan fingerprint density at radius 1 is 0.969 bits per heavy atom. The lowest BCUT2D eigenvalue weighted by Crippen LogP contribution is -2.27. The average molecular weight is 470 g/mol. The van der Waals surface area contributed by atoms with E-state index in [1.807, 2.05) is 26.0 Å². The minimum Gasteiger partial charge on any atom is -0.261 e. The van der Waals surface area contributed by atoms with Crippen LogP contribution in [-0.2, 0) is 26.3 Å². The fourth-order valence-corrected chi connectivity index (χ4v) is 6.03. The van der Waals surface area contributed by atoms with E-state index in [1.54, 1.807) is 18.3 Å². The van der Waals surface area contributed by atoms with Gasteiger partial charge in [0.05, 0.1) is 26.3 Å². The van der Waals surface area contributed by atoms with Gasteiger partial charge in [0.15, 0.2) is 0 Å². The summed E-state index contributed by atoms with van der Waals surface area (Å²) >= 11 is 0. The van der Waals surface area contributed by atoms with Gasteiger partial charge in [-0.05, 0) is 53.9 Å². The van der Waals surface area contributed by atoms with Crippen molar-refractivity contribution in [2.24, 2.45) is 0 Å². The molecule has 0 fully saturated rings. The molecule has 0 radical (unpaired) electrons. The van der Waals surface area contributed by atoms with Crippen LogP contribution in [0.3, 0.4) is 0 Å². The lowest BCUT2D eigenvalue weighted by molar-refractivity contribution is 0.578. The SMILES string of the molecule is CC(C)c1ccc(S(=O)(=O)c2cccc(C#N)c2)cc1S(=O)(=O)NCCc1ccccn1. The van der Waals surface area contributed by atoms with Gasteiger partial charge in [0.1, 0.15) is 0 Å². The first-order chi connectivity index (χ1) is 15.1. The second-order valence-corrected chi connectivity index (χ2v) is 11.2. The molecule has 0 unspecified atom stereocenters. The zero-order valence-corrected chi connectivity index (χ0v) is 19.3. The van der Waals surface area contributed by atoms with E-state index in [9.17, 15) is 16.8 Å². The molecule has 7 nitrogen and oxygen atoms in total. The molecule has 2 aromatic carbocycles. The number of nitrogens with zero attached hydrogens (tertiary/aromatic N) is 2. The predicted octanol–water partition coefficient (Wildman–Crippen LogP) is 3.43. The topological polar surface area (TPSA) is 117 Å². The van der Waals surface area contributed by atoms with Gasteiger partial charge in [-0.1, -0.05) is 32.0 Å². The van der Waals surface area contributed by atoms with Crippen molar-refractivity contribution in [1.82, 2.24) is 9.71 Å². The lowest BCUT2D eigenvalue weighted by Gasteiger charge is -2.16. The smallest absolute Gasteiger partial charge is 0.240 e. The molecule has 0 aliphatic heterocycles. The number of rotatable bonds is 8. The van der Waals surface area contributed by atoms with Crippen LogP contribution in [0.5, 0.6) is 0 Å². The van der Waals surface area contributed by atoms with Crippen LogP contribution in [-0.4, -0.2) is 28.4 Å². The van der Waals surface area contributed by atoms with E-state index in [0.717, 1.165) is 5.69 Å². The van der Waals surface area contributed by atoms with Crippen molar-refractivity contribution in [3.63, 3.8) is 0 Å². The summed E-state index contributed by atoms with van der Waals surface area (Å²) < 4.78 is 55.0. The number of hydrogen-bond donors (Lipinski definition) is 1. The molecule has 0 spiro atoms. The molecule has 32 heavy (non-hydrogen) atoms. The van der Waals surface area contributed by atoms with Crippen molar-refractivity contribution in [2.75, 3.05) is 6.54 Å². The van der Waals surface area contributed by atoms with E-state index >= 15 is 0 Å². The summed E-state index contributed by atoms with van der Waals surface area (Å²) in [7, 11) is -7.99. The summed E-state index contributed by atoms with van der Waals surface area (Å²) in [5.41, 5.74) is 1.46. The molecule has 1 N–H and O–H groups in total. The molecule has 3 rings (SSSR count).